The zero-order valence-corrected chi connectivity index (χ0v) is 18.6. The summed E-state index contributed by atoms with van der Waals surface area (Å²) in [5.74, 6) is 0. The summed E-state index contributed by atoms with van der Waals surface area (Å²) in [7, 11) is 0. The van der Waals surface area contributed by atoms with Crippen LogP contribution in [0.1, 0.15) is 0 Å². The minimum absolute atomic E-state index is 0.938. The molecule has 0 unspecified atom stereocenters. The predicted molar refractivity (Wildman–Crippen MR) is 140 cm³/mol. The number of benzene rings is 5. The van der Waals surface area contributed by atoms with Gasteiger partial charge in [0.15, 0.2) is 0 Å². The molecule has 0 bridgehead atoms. The first kappa shape index (κ1) is 18.5. The molecule has 0 spiro atoms. The molecule has 0 saturated carbocycles. The second kappa shape index (κ2) is 6.61. The van der Waals surface area contributed by atoms with Crippen molar-refractivity contribution in [2.75, 3.05) is 13.3 Å². The Kier molecular flexibility index (Phi) is 3.94. The van der Waals surface area contributed by atoms with E-state index in [4.69, 9.17) is 4.42 Å². The highest BCUT2D eigenvalue weighted by Gasteiger charge is 2.18. The fourth-order valence-electron chi connectivity index (χ4n) is 4.65. The quantitative estimate of drug-likeness (QED) is 0.261. The number of furan rings is 1. The first-order valence-electron chi connectivity index (χ1n) is 10.6. The third kappa shape index (κ3) is 2.85. The predicted octanol–water partition coefficient (Wildman–Crippen LogP) is 7.89. The monoisotopic (exact) mass is 418 g/mol. The van der Waals surface area contributed by atoms with Crippen LogP contribution < -0.4 is 5.30 Å². The molecular formula is C29H23OP. The van der Waals surface area contributed by atoms with Crippen LogP contribution in [0.15, 0.2) is 95.4 Å². The minimum atomic E-state index is -1.29. The van der Waals surface area contributed by atoms with Gasteiger partial charge in [0.1, 0.15) is 11.2 Å². The lowest BCUT2D eigenvalue weighted by molar-refractivity contribution is 0.670. The van der Waals surface area contributed by atoms with Gasteiger partial charge in [0, 0.05) is 16.3 Å². The molecule has 0 radical (unpaired) electrons. The van der Waals surface area contributed by atoms with Crippen LogP contribution in [0, 0.1) is 0 Å². The number of rotatable bonds is 2. The summed E-state index contributed by atoms with van der Waals surface area (Å²) in [5, 5.41) is 8.68. The van der Waals surface area contributed by atoms with E-state index in [9.17, 15) is 0 Å². The standard InChI is InChI=1S/C29H23OP/c1-31(2,3)22-15-12-20(13-16-22)25-18-21-9-5-7-11-24(21)28-27-23-10-6-4-8-19(23)14-17-26(27)30-29(25)28/h4-18H,1H2,2-3H3. The smallest absolute Gasteiger partial charge is 0.143 e. The third-order valence-electron chi connectivity index (χ3n) is 6.23. The average molecular weight is 418 g/mol. The van der Waals surface area contributed by atoms with Crippen LogP contribution in [-0.4, -0.2) is 19.6 Å². The molecular weight excluding hydrogens is 395 g/mol. The van der Waals surface area contributed by atoms with Gasteiger partial charge >= 0.3 is 0 Å². The molecule has 0 aliphatic heterocycles. The molecule has 0 atom stereocenters. The zero-order valence-electron chi connectivity index (χ0n) is 17.7. The Hall–Kier alpha value is -3.28. The second-order valence-electron chi connectivity index (χ2n) is 8.84. The maximum Gasteiger partial charge on any atom is 0.143 e. The van der Waals surface area contributed by atoms with Crippen molar-refractivity contribution in [1.82, 2.24) is 0 Å². The fraction of sp³-hybridized carbons (Fsp3) is 0.0690. The Balaban J connectivity index is 1.77. The summed E-state index contributed by atoms with van der Waals surface area (Å²) in [5.41, 5.74) is 4.21. The van der Waals surface area contributed by atoms with Crippen LogP contribution in [0.3, 0.4) is 0 Å². The highest BCUT2D eigenvalue weighted by molar-refractivity contribution is 7.79. The molecule has 0 fully saturated rings. The van der Waals surface area contributed by atoms with E-state index in [-0.39, 0.29) is 0 Å². The molecule has 0 aliphatic rings. The van der Waals surface area contributed by atoms with E-state index < -0.39 is 6.89 Å². The van der Waals surface area contributed by atoms with Crippen LogP contribution >= 0.6 is 6.89 Å². The van der Waals surface area contributed by atoms with E-state index in [1.54, 1.807) is 0 Å². The summed E-state index contributed by atoms with van der Waals surface area (Å²) >= 11 is 0. The van der Waals surface area contributed by atoms with Crippen molar-refractivity contribution in [2.24, 2.45) is 0 Å². The van der Waals surface area contributed by atoms with Crippen LogP contribution in [0.5, 0.6) is 0 Å². The third-order valence-corrected chi connectivity index (χ3v) is 7.93. The minimum Gasteiger partial charge on any atom is -0.455 e. The van der Waals surface area contributed by atoms with Gasteiger partial charge in [-0.25, -0.2) is 0 Å². The first-order valence-corrected chi connectivity index (χ1v) is 13.4. The number of fused-ring (bicyclic) bond motifs is 7. The Labute approximate surface area is 181 Å². The van der Waals surface area contributed by atoms with E-state index in [1.807, 2.05) is 0 Å². The molecule has 150 valence electrons. The van der Waals surface area contributed by atoms with Gasteiger partial charge < -0.3 is 4.42 Å². The Morgan fingerprint density at radius 2 is 1.32 bits per heavy atom. The van der Waals surface area contributed by atoms with Gasteiger partial charge in [-0.2, -0.15) is 0 Å². The molecule has 1 aromatic heterocycles. The molecule has 2 heteroatoms. The van der Waals surface area contributed by atoms with Crippen LogP contribution in [0.4, 0.5) is 0 Å². The summed E-state index contributed by atoms with van der Waals surface area (Å²) < 4.78 is 6.55. The molecule has 1 heterocycles. The molecule has 1 nitrogen and oxygen atoms in total. The van der Waals surface area contributed by atoms with Crippen molar-refractivity contribution in [1.29, 1.82) is 0 Å². The van der Waals surface area contributed by atoms with Gasteiger partial charge in [-0.15, -0.1) is 0 Å². The van der Waals surface area contributed by atoms with Crippen molar-refractivity contribution >= 4 is 62.0 Å². The molecule has 6 rings (SSSR count). The molecule has 0 N–H and O–H groups in total. The summed E-state index contributed by atoms with van der Waals surface area (Å²) in [6, 6.07) is 32.6. The molecule has 31 heavy (non-hydrogen) atoms. The maximum atomic E-state index is 6.55. The molecule has 0 aliphatic carbocycles. The van der Waals surface area contributed by atoms with Gasteiger partial charge in [0.2, 0.25) is 0 Å². The van der Waals surface area contributed by atoms with Crippen molar-refractivity contribution in [3.8, 4) is 11.1 Å². The van der Waals surface area contributed by atoms with Crippen molar-refractivity contribution in [3.05, 3.63) is 91.0 Å². The van der Waals surface area contributed by atoms with Crippen molar-refractivity contribution < 1.29 is 4.42 Å². The lowest BCUT2D eigenvalue weighted by Gasteiger charge is -2.14. The average Bonchev–Trinajstić information content (AvgIpc) is 3.18. The molecule has 0 amide bonds. The number of hydrogen-bond donors (Lipinski definition) is 0. The lowest BCUT2D eigenvalue weighted by Crippen LogP contribution is -2.01. The van der Waals surface area contributed by atoms with Gasteiger partial charge in [-0.05, 0) is 57.9 Å². The zero-order chi connectivity index (χ0) is 21.2. The first-order chi connectivity index (χ1) is 15.0. The van der Waals surface area contributed by atoms with E-state index in [0.29, 0.717) is 0 Å². The van der Waals surface area contributed by atoms with Gasteiger partial charge in [-0.1, -0.05) is 92.0 Å². The lowest BCUT2D eigenvalue weighted by atomic mass is 9.95. The number of hydrogen-bond acceptors (Lipinski definition) is 1. The Bertz CT molecular complexity index is 1660. The maximum absolute atomic E-state index is 6.55. The Morgan fingerprint density at radius 3 is 2.03 bits per heavy atom. The van der Waals surface area contributed by atoms with Crippen molar-refractivity contribution in [3.63, 3.8) is 0 Å². The molecule has 6 aromatic rings. The van der Waals surface area contributed by atoms with E-state index in [0.717, 1.165) is 16.7 Å². The van der Waals surface area contributed by atoms with E-state index >= 15 is 0 Å². The van der Waals surface area contributed by atoms with Gasteiger partial charge in [0.25, 0.3) is 0 Å². The Morgan fingerprint density at radius 1 is 0.677 bits per heavy atom. The SMILES string of the molecule is C=P(C)(C)c1ccc(-c2cc3ccccc3c3c2oc2ccc4ccccc4c23)cc1. The summed E-state index contributed by atoms with van der Waals surface area (Å²) in [4.78, 5) is 0. The van der Waals surface area contributed by atoms with Gasteiger partial charge in [-0.3, -0.25) is 0 Å². The largest absolute Gasteiger partial charge is 0.455 e. The highest BCUT2D eigenvalue weighted by atomic mass is 31.2. The highest BCUT2D eigenvalue weighted by Crippen LogP contribution is 2.43. The molecule has 0 saturated heterocycles. The van der Waals surface area contributed by atoms with Crippen LogP contribution in [0.25, 0.3) is 54.6 Å². The fourth-order valence-corrected chi connectivity index (χ4v) is 5.60. The van der Waals surface area contributed by atoms with E-state index in [1.165, 1.54) is 43.2 Å². The van der Waals surface area contributed by atoms with E-state index in [2.05, 4.69) is 111 Å². The molecule has 5 aromatic carbocycles. The topological polar surface area (TPSA) is 13.1 Å². The normalized spacial score (nSPS) is 12.3. The summed E-state index contributed by atoms with van der Waals surface area (Å²) in [6.45, 7) is 3.21. The summed E-state index contributed by atoms with van der Waals surface area (Å²) in [6.07, 6.45) is 4.38. The second-order valence-corrected chi connectivity index (χ2v) is 12.7. The van der Waals surface area contributed by atoms with Crippen LogP contribution in [-0.2, 0) is 0 Å². The van der Waals surface area contributed by atoms with Gasteiger partial charge in [0.05, 0.1) is 0 Å². The van der Waals surface area contributed by atoms with Crippen LogP contribution in [0.2, 0.25) is 0 Å². The van der Waals surface area contributed by atoms with Crippen molar-refractivity contribution in [2.45, 2.75) is 0 Å².